The van der Waals surface area contributed by atoms with Gasteiger partial charge in [-0.15, -0.1) is 11.3 Å². The Morgan fingerprint density at radius 1 is 1.19 bits per heavy atom. The van der Waals surface area contributed by atoms with Crippen molar-refractivity contribution >= 4 is 16.5 Å². The molecule has 0 spiro atoms. The highest BCUT2D eigenvalue weighted by Crippen LogP contribution is 2.36. The minimum atomic E-state index is -0.0591. The van der Waals surface area contributed by atoms with E-state index < -0.39 is 0 Å². The molecule has 5 rings (SSSR count). The number of pyridine rings is 1. The van der Waals surface area contributed by atoms with E-state index in [1.807, 2.05) is 23.5 Å². The smallest absolute Gasteiger partial charge is 0.266 e. The van der Waals surface area contributed by atoms with Crippen LogP contribution in [0.5, 0.6) is 0 Å². The van der Waals surface area contributed by atoms with Crippen LogP contribution in [0.25, 0.3) is 11.3 Å². The van der Waals surface area contributed by atoms with Gasteiger partial charge in [-0.3, -0.25) is 9.78 Å². The van der Waals surface area contributed by atoms with Crippen molar-refractivity contribution in [2.45, 2.75) is 44.7 Å². The number of thiazole rings is 1. The van der Waals surface area contributed by atoms with Gasteiger partial charge < -0.3 is 4.90 Å². The first kappa shape index (κ1) is 16.6. The summed E-state index contributed by atoms with van der Waals surface area (Å²) < 4.78 is 1.60. The van der Waals surface area contributed by atoms with E-state index in [1.165, 1.54) is 23.4 Å². The van der Waals surface area contributed by atoms with Crippen LogP contribution < -0.4 is 10.5 Å². The van der Waals surface area contributed by atoms with Crippen LogP contribution in [0.4, 0.5) is 5.13 Å². The van der Waals surface area contributed by atoms with E-state index in [-0.39, 0.29) is 11.6 Å². The highest BCUT2D eigenvalue weighted by molar-refractivity contribution is 7.15. The molecule has 7 heteroatoms. The van der Waals surface area contributed by atoms with Crippen molar-refractivity contribution in [1.82, 2.24) is 19.7 Å². The number of rotatable bonds is 4. The molecule has 1 aliphatic carbocycles. The number of nitrogens with zero attached hydrogens (tertiary/aromatic N) is 5. The molecular formula is C20H21N5OS. The first-order valence-corrected chi connectivity index (χ1v) is 10.3. The molecule has 1 atom stereocenters. The van der Waals surface area contributed by atoms with Gasteiger partial charge in [-0.1, -0.05) is 0 Å². The first-order chi connectivity index (χ1) is 13.3. The lowest BCUT2D eigenvalue weighted by atomic mass is 10.2. The molecule has 0 saturated carbocycles. The number of aryl methyl sites for hydroxylation is 2. The van der Waals surface area contributed by atoms with Crippen molar-refractivity contribution in [2.24, 2.45) is 0 Å². The van der Waals surface area contributed by atoms with Gasteiger partial charge in [0.25, 0.3) is 5.56 Å². The molecule has 1 aliphatic heterocycles. The average Bonchev–Trinajstić information content (AvgIpc) is 3.40. The van der Waals surface area contributed by atoms with Crippen molar-refractivity contribution in [3.05, 3.63) is 57.6 Å². The van der Waals surface area contributed by atoms with Crippen LogP contribution >= 0.6 is 11.3 Å². The van der Waals surface area contributed by atoms with Gasteiger partial charge in [-0.2, -0.15) is 5.10 Å². The fourth-order valence-electron chi connectivity index (χ4n) is 4.02. The van der Waals surface area contributed by atoms with Gasteiger partial charge >= 0.3 is 0 Å². The molecule has 1 unspecified atom stereocenters. The lowest BCUT2D eigenvalue weighted by molar-refractivity contribution is 0.490. The van der Waals surface area contributed by atoms with Crippen molar-refractivity contribution in [3.63, 3.8) is 0 Å². The summed E-state index contributed by atoms with van der Waals surface area (Å²) in [6.07, 6.45) is 9.22. The maximum absolute atomic E-state index is 12.4. The normalized spacial score (nSPS) is 18.8. The minimum absolute atomic E-state index is 0.0591. The van der Waals surface area contributed by atoms with E-state index in [2.05, 4.69) is 15.0 Å². The predicted molar refractivity (Wildman–Crippen MR) is 106 cm³/mol. The molecule has 0 aromatic carbocycles. The zero-order chi connectivity index (χ0) is 18.2. The van der Waals surface area contributed by atoms with Gasteiger partial charge in [-0.25, -0.2) is 9.67 Å². The molecule has 0 bridgehead atoms. The van der Waals surface area contributed by atoms with Gasteiger partial charge in [0.2, 0.25) is 0 Å². The molecule has 3 aromatic heterocycles. The summed E-state index contributed by atoms with van der Waals surface area (Å²) in [6, 6.07) is 7.49. The molecule has 27 heavy (non-hydrogen) atoms. The highest BCUT2D eigenvalue weighted by Gasteiger charge is 2.29. The van der Waals surface area contributed by atoms with Gasteiger partial charge in [0.05, 0.1) is 24.0 Å². The second kappa shape index (κ2) is 6.88. The molecule has 2 aliphatic rings. The number of hydrogen-bond acceptors (Lipinski definition) is 6. The Kier molecular flexibility index (Phi) is 4.24. The van der Waals surface area contributed by atoms with Crippen molar-refractivity contribution in [1.29, 1.82) is 0 Å². The summed E-state index contributed by atoms with van der Waals surface area (Å²) in [4.78, 5) is 25.3. The Morgan fingerprint density at radius 3 is 3.00 bits per heavy atom. The summed E-state index contributed by atoms with van der Waals surface area (Å²) in [5, 5.41) is 5.73. The second-order valence-electron chi connectivity index (χ2n) is 7.19. The summed E-state index contributed by atoms with van der Waals surface area (Å²) in [6.45, 7) is 1.60. The zero-order valence-corrected chi connectivity index (χ0v) is 15.9. The molecule has 0 radical (unpaired) electrons. The quantitative estimate of drug-likeness (QED) is 0.697. The largest absolute Gasteiger partial charge is 0.343 e. The average molecular weight is 379 g/mol. The fourth-order valence-corrected chi connectivity index (χ4v) is 5.27. The van der Waals surface area contributed by atoms with Crippen molar-refractivity contribution < 1.29 is 0 Å². The molecule has 3 aromatic rings. The van der Waals surface area contributed by atoms with Gasteiger partial charge in [0.1, 0.15) is 0 Å². The monoisotopic (exact) mass is 379 g/mol. The Hall–Kier alpha value is -2.54. The maximum Gasteiger partial charge on any atom is 0.266 e. The molecular weight excluding hydrogens is 358 g/mol. The van der Waals surface area contributed by atoms with Crippen LogP contribution in [0.1, 0.15) is 29.8 Å². The van der Waals surface area contributed by atoms with E-state index >= 15 is 0 Å². The standard InChI is InChI=1S/C20H21N5OS/c26-19-9-8-16(14-4-2-10-21-12-14)23-25(19)13-15-5-3-11-24(15)20-22-17-6-1-7-18(17)27-20/h2,4,8-10,12,15H,1,3,5-7,11,13H2. The van der Waals surface area contributed by atoms with Crippen LogP contribution in [-0.2, 0) is 19.4 Å². The van der Waals surface area contributed by atoms with Crippen molar-refractivity contribution in [2.75, 3.05) is 11.4 Å². The van der Waals surface area contributed by atoms with E-state index in [1.54, 1.807) is 29.2 Å². The number of anilines is 1. The second-order valence-corrected chi connectivity index (χ2v) is 8.25. The molecule has 6 nitrogen and oxygen atoms in total. The lowest BCUT2D eigenvalue weighted by Crippen LogP contribution is -2.37. The van der Waals surface area contributed by atoms with E-state index in [0.29, 0.717) is 6.54 Å². The maximum atomic E-state index is 12.4. The van der Waals surface area contributed by atoms with Crippen LogP contribution in [-0.4, -0.2) is 32.3 Å². The Morgan fingerprint density at radius 2 is 2.15 bits per heavy atom. The third kappa shape index (κ3) is 3.16. The SMILES string of the molecule is O=c1ccc(-c2cccnc2)nn1CC1CCCN1c1nc2c(s1)CCC2. The fraction of sp³-hybridized carbons (Fsp3) is 0.400. The van der Waals surface area contributed by atoms with E-state index in [0.717, 1.165) is 42.2 Å². The number of aromatic nitrogens is 4. The van der Waals surface area contributed by atoms with Crippen LogP contribution in [0, 0.1) is 0 Å². The molecule has 0 amide bonds. The minimum Gasteiger partial charge on any atom is -0.343 e. The molecule has 4 heterocycles. The molecule has 0 N–H and O–H groups in total. The Labute approximate surface area is 161 Å². The van der Waals surface area contributed by atoms with Gasteiger partial charge in [0.15, 0.2) is 5.13 Å². The summed E-state index contributed by atoms with van der Waals surface area (Å²) in [5.74, 6) is 0. The molecule has 1 fully saturated rings. The Bertz CT molecular complexity index is 991. The predicted octanol–water partition coefficient (Wildman–Crippen LogP) is 2.92. The number of fused-ring (bicyclic) bond motifs is 1. The number of hydrogen-bond donors (Lipinski definition) is 0. The summed E-state index contributed by atoms with van der Waals surface area (Å²) in [5.41, 5.74) is 2.93. The summed E-state index contributed by atoms with van der Waals surface area (Å²) >= 11 is 1.84. The third-order valence-corrected chi connectivity index (χ3v) is 6.61. The van der Waals surface area contributed by atoms with E-state index in [4.69, 9.17) is 4.98 Å². The van der Waals surface area contributed by atoms with Gasteiger partial charge in [0, 0.05) is 35.4 Å². The van der Waals surface area contributed by atoms with E-state index in [9.17, 15) is 4.79 Å². The highest BCUT2D eigenvalue weighted by atomic mass is 32.1. The topological polar surface area (TPSA) is 63.9 Å². The van der Waals surface area contributed by atoms with Crippen LogP contribution in [0.2, 0.25) is 0 Å². The van der Waals surface area contributed by atoms with Crippen LogP contribution in [0.3, 0.4) is 0 Å². The first-order valence-electron chi connectivity index (χ1n) is 9.52. The molecule has 138 valence electrons. The summed E-state index contributed by atoms with van der Waals surface area (Å²) in [7, 11) is 0. The Balaban J connectivity index is 1.41. The van der Waals surface area contributed by atoms with Gasteiger partial charge in [-0.05, 0) is 50.3 Å². The zero-order valence-electron chi connectivity index (χ0n) is 15.0. The molecule has 1 saturated heterocycles. The third-order valence-electron chi connectivity index (χ3n) is 5.41. The lowest BCUT2D eigenvalue weighted by Gasteiger charge is -2.24. The van der Waals surface area contributed by atoms with Crippen LogP contribution in [0.15, 0.2) is 41.5 Å². The van der Waals surface area contributed by atoms with Crippen molar-refractivity contribution in [3.8, 4) is 11.3 Å².